The van der Waals surface area contributed by atoms with Gasteiger partial charge in [0.2, 0.25) is 0 Å². The molecule has 0 spiro atoms. The van der Waals surface area contributed by atoms with E-state index in [9.17, 15) is 17.0 Å². The van der Waals surface area contributed by atoms with E-state index in [0.717, 1.165) is 0 Å². The molecule has 2 aliphatic rings. The molecule has 0 fully saturated rings. The summed E-state index contributed by atoms with van der Waals surface area (Å²) in [6.45, 7) is 33.0. The standard InChI is InChI=1S/2C35H35.C2H7Si.2ClH.Zr/c2*1-34(2,3)29-20-28(21-30(23-29)35(4,5)6)33-31(25-15-11-8-12-16-25)18-17-26-19-27(22-32(26)33)24-13-9-7-10-14-24;1-3-2;;;/h2*7-23H,1-6H3;3H,1-2H3;2*1H;/q;;;;;+2/p-2. The van der Waals surface area contributed by atoms with Crippen molar-refractivity contribution in [2.24, 2.45) is 0 Å². The third kappa shape index (κ3) is 9.71. The molecule has 0 amide bonds. The van der Waals surface area contributed by atoms with Gasteiger partial charge < -0.3 is 0 Å². The molecule has 8 aromatic rings. The Labute approximate surface area is 465 Å². The van der Waals surface area contributed by atoms with E-state index in [-0.39, 0.29) is 28.9 Å². The summed E-state index contributed by atoms with van der Waals surface area (Å²) < 4.78 is -0.412. The first-order valence-corrected chi connectivity index (χ1v) is 43.9. The van der Waals surface area contributed by atoms with Crippen LogP contribution in [0.2, 0.25) is 13.1 Å². The average Bonchev–Trinajstić information content (AvgIpc) is 4.16. The molecule has 387 valence electrons. The van der Waals surface area contributed by atoms with Crippen LogP contribution in [0.15, 0.2) is 182 Å². The number of rotatable bonds is 9. The molecule has 0 N–H and O–H groups in total. The first-order valence-electron chi connectivity index (χ1n) is 27.6. The van der Waals surface area contributed by atoms with Crippen LogP contribution in [0.5, 0.6) is 0 Å². The number of hydrogen-bond donors (Lipinski definition) is 0. The molecular formula is C72H77Cl2SiZr. The SMILES string of the molecule is C[SiH](C)[Zr]([Cl])([Cl])([CH]1C(c2ccccc2)=Cc2c1ccc(-c1ccccc1)c2-c1cc(C(C)(C)C)cc(C(C)(C)C)c1)[CH]1C(c2ccccc2)=Cc2c1ccc(-c1ccccc1)c2-c1cc(C(C)(C)C)cc(C(C)(C)C)c1. The van der Waals surface area contributed by atoms with Gasteiger partial charge in [0.05, 0.1) is 0 Å². The van der Waals surface area contributed by atoms with Crippen LogP contribution >= 0.6 is 17.0 Å². The number of fused-ring (bicyclic) bond motifs is 2. The number of hydrogen-bond acceptors (Lipinski definition) is 0. The zero-order valence-corrected chi connectivity index (χ0v) is 52.6. The second-order valence-electron chi connectivity index (χ2n) is 26.5. The molecule has 0 bridgehead atoms. The van der Waals surface area contributed by atoms with Gasteiger partial charge in [-0.2, -0.15) is 0 Å². The van der Waals surface area contributed by atoms with Crippen LogP contribution in [-0.2, 0) is 37.2 Å². The van der Waals surface area contributed by atoms with Crippen LogP contribution < -0.4 is 0 Å². The molecule has 0 saturated heterocycles. The van der Waals surface area contributed by atoms with Crippen molar-refractivity contribution in [1.82, 2.24) is 0 Å². The summed E-state index contributed by atoms with van der Waals surface area (Å²) in [5.74, 6) is -2.05. The van der Waals surface area contributed by atoms with E-state index in [4.69, 9.17) is 0 Å². The van der Waals surface area contributed by atoms with Gasteiger partial charge in [0.25, 0.3) is 0 Å². The first-order chi connectivity index (χ1) is 35.7. The van der Waals surface area contributed by atoms with E-state index in [2.05, 4.69) is 290 Å². The van der Waals surface area contributed by atoms with Gasteiger partial charge in [-0.05, 0) is 0 Å². The second kappa shape index (κ2) is 19.7. The Kier molecular flexibility index (Phi) is 14.1. The third-order valence-electron chi connectivity index (χ3n) is 16.9. The van der Waals surface area contributed by atoms with Crippen LogP contribution in [0, 0.1) is 0 Å². The normalized spacial score (nSPS) is 16.5. The van der Waals surface area contributed by atoms with Crippen LogP contribution in [0.1, 0.15) is 146 Å². The minimum atomic E-state index is -5.59. The average molecular weight is 1130 g/mol. The fraction of sp³-hybridized carbons (Fsp3) is 0.278. The topological polar surface area (TPSA) is 0 Å². The van der Waals surface area contributed by atoms with E-state index in [1.54, 1.807) is 0 Å². The second-order valence-corrected chi connectivity index (χ2v) is 69.0. The molecule has 0 saturated carbocycles. The van der Waals surface area contributed by atoms with Crippen molar-refractivity contribution in [3.05, 3.63) is 238 Å². The number of halogens is 2. The van der Waals surface area contributed by atoms with Gasteiger partial charge in [-0.15, -0.1) is 0 Å². The predicted octanol–water partition coefficient (Wildman–Crippen LogP) is 21.4. The van der Waals surface area contributed by atoms with Gasteiger partial charge in [0.15, 0.2) is 0 Å². The van der Waals surface area contributed by atoms with E-state index in [0.29, 0.717) is 0 Å². The Morgan fingerprint density at radius 2 is 0.618 bits per heavy atom. The fourth-order valence-electron chi connectivity index (χ4n) is 12.3. The van der Waals surface area contributed by atoms with Gasteiger partial charge in [0.1, 0.15) is 0 Å². The summed E-state index contributed by atoms with van der Waals surface area (Å²) in [6.07, 6.45) is 5.06. The zero-order valence-electron chi connectivity index (χ0n) is 47.5. The maximum atomic E-state index is 9.49. The Hall–Kier alpha value is -5.08. The van der Waals surface area contributed by atoms with E-state index in [1.807, 2.05) is 0 Å². The van der Waals surface area contributed by atoms with Gasteiger partial charge >= 0.3 is 469 Å². The quantitative estimate of drug-likeness (QED) is 0.126. The summed E-state index contributed by atoms with van der Waals surface area (Å²) in [5.41, 5.74) is 24.7. The summed E-state index contributed by atoms with van der Waals surface area (Å²) >= 11 is -5.59. The minimum absolute atomic E-state index is 0.0722. The molecular weight excluding hydrogens is 1060 g/mol. The molecule has 4 heteroatoms. The summed E-state index contributed by atoms with van der Waals surface area (Å²) in [4.78, 5) is 0. The molecule has 0 radical (unpaired) electrons. The molecule has 0 heterocycles. The van der Waals surface area contributed by atoms with E-state index in [1.165, 1.54) is 111 Å². The van der Waals surface area contributed by atoms with Crippen LogP contribution in [0.3, 0.4) is 0 Å². The molecule has 2 atom stereocenters. The van der Waals surface area contributed by atoms with Crippen LogP contribution in [-0.4, -0.2) is 5.92 Å². The van der Waals surface area contributed by atoms with Crippen molar-refractivity contribution in [2.45, 2.75) is 125 Å². The summed E-state index contributed by atoms with van der Waals surface area (Å²) in [5, 5.41) is 0. The van der Waals surface area contributed by atoms with E-state index < -0.39 is 21.5 Å². The Morgan fingerprint density at radius 3 is 0.882 bits per heavy atom. The number of allylic oxidation sites excluding steroid dienone is 2. The van der Waals surface area contributed by atoms with Crippen molar-refractivity contribution in [3.8, 4) is 44.5 Å². The third-order valence-corrected chi connectivity index (χ3v) is 68.5. The summed E-state index contributed by atoms with van der Waals surface area (Å²) in [6, 6.07) is 68.6. The van der Waals surface area contributed by atoms with Crippen molar-refractivity contribution < 1.29 is 15.6 Å². The first kappa shape index (κ1) is 54.3. The zero-order chi connectivity index (χ0) is 54.4. The van der Waals surface area contributed by atoms with Crippen LogP contribution in [0.4, 0.5) is 0 Å². The van der Waals surface area contributed by atoms with Gasteiger partial charge in [0, 0.05) is 0 Å². The van der Waals surface area contributed by atoms with Crippen molar-refractivity contribution in [1.29, 1.82) is 0 Å². The van der Waals surface area contributed by atoms with Crippen molar-refractivity contribution in [3.63, 3.8) is 0 Å². The number of benzene rings is 8. The Balaban J connectivity index is 1.33. The summed E-state index contributed by atoms with van der Waals surface area (Å²) in [7, 11) is 19.0. The molecule has 76 heavy (non-hydrogen) atoms. The van der Waals surface area contributed by atoms with Gasteiger partial charge in [-0.25, -0.2) is 0 Å². The molecule has 0 aliphatic heterocycles. The predicted molar refractivity (Wildman–Crippen MR) is 334 cm³/mol. The molecule has 2 unspecified atom stereocenters. The van der Waals surface area contributed by atoms with Gasteiger partial charge in [-0.1, -0.05) is 0 Å². The maximum absolute atomic E-state index is 9.49. The van der Waals surface area contributed by atoms with Crippen LogP contribution in [0.25, 0.3) is 67.8 Å². The van der Waals surface area contributed by atoms with Crippen molar-refractivity contribution in [2.75, 3.05) is 0 Å². The molecule has 10 rings (SSSR count). The molecule has 0 aromatic heterocycles. The molecule has 0 nitrogen and oxygen atoms in total. The van der Waals surface area contributed by atoms with Crippen molar-refractivity contribution >= 4 is 46.2 Å². The molecule has 8 aromatic carbocycles. The monoisotopic (exact) mass is 1130 g/mol. The Bertz CT molecular complexity index is 3260. The fourth-order valence-corrected chi connectivity index (χ4v) is 42.4. The van der Waals surface area contributed by atoms with E-state index >= 15 is 0 Å². The van der Waals surface area contributed by atoms with Gasteiger partial charge in [-0.3, -0.25) is 0 Å². The molecule has 2 aliphatic carbocycles. The Morgan fingerprint density at radius 1 is 0.342 bits per heavy atom.